The number of fused-ring (bicyclic) bond motifs is 11. The van der Waals surface area contributed by atoms with Crippen LogP contribution in [0.4, 0.5) is 0 Å². The fraction of sp³-hybridized carbons (Fsp3) is 0.0612. The maximum absolute atomic E-state index is 5.61. The number of benzene rings is 6. The van der Waals surface area contributed by atoms with Gasteiger partial charge in [0.1, 0.15) is 0 Å². The number of hydrogen-bond acceptors (Lipinski definition) is 3. The highest BCUT2D eigenvalue weighted by Crippen LogP contribution is 2.60. The van der Waals surface area contributed by atoms with Crippen molar-refractivity contribution in [3.8, 4) is 49.9 Å². The van der Waals surface area contributed by atoms with Gasteiger partial charge in [0.25, 0.3) is 0 Å². The van der Waals surface area contributed by atoms with Crippen LogP contribution in [0.5, 0.6) is 0 Å². The molecule has 3 heterocycles. The summed E-state index contributed by atoms with van der Waals surface area (Å²) in [7, 11) is 0. The Morgan fingerprint density at radius 1 is 0.585 bits per heavy atom. The van der Waals surface area contributed by atoms with Gasteiger partial charge < -0.3 is 0 Å². The molecular weight excluding hydrogens is 663 g/mol. The number of aromatic nitrogens is 3. The van der Waals surface area contributed by atoms with Crippen molar-refractivity contribution in [1.82, 2.24) is 14.5 Å². The van der Waals surface area contributed by atoms with E-state index in [2.05, 4.69) is 187 Å². The maximum Gasteiger partial charge on any atom is 0.235 e. The fourth-order valence-corrected chi connectivity index (χ4v) is 10.3. The van der Waals surface area contributed by atoms with E-state index < -0.39 is 0 Å². The van der Waals surface area contributed by atoms with Crippen molar-refractivity contribution >= 4 is 43.2 Å². The Hall–Kier alpha value is -6.36. The van der Waals surface area contributed by atoms with E-state index in [0.29, 0.717) is 5.95 Å². The second-order valence-corrected chi connectivity index (χ2v) is 15.4. The lowest BCUT2D eigenvalue weighted by Crippen LogP contribution is -2.33. The predicted octanol–water partition coefficient (Wildman–Crippen LogP) is 12.9. The van der Waals surface area contributed by atoms with Gasteiger partial charge in [-0.1, -0.05) is 146 Å². The van der Waals surface area contributed by atoms with Gasteiger partial charge >= 0.3 is 0 Å². The molecule has 0 bridgehead atoms. The smallest absolute Gasteiger partial charge is 0.235 e. The molecule has 2 unspecified atom stereocenters. The summed E-state index contributed by atoms with van der Waals surface area (Å²) in [5.74, 6) is 0.780. The Labute approximate surface area is 311 Å². The molecule has 0 saturated heterocycles. The normalized spacial score (nSPS) is 17.3. The summed E-state index contributed by atoms with van der Waals surface area (Å²) in [5.41, 5.74) is 12.4. The number of para-hydroxylation sites is 2. The van der Waals surface area contributed by atoms with Crippen LogP contribution in [0.15, 0.2) is 176 Å². The Balaban J connectivity index is 1.23. The van der Waals surface area contributed by atoms with Gasteiger partial charge in [-0.25, -0.2) is 9.97 Å². The lowest BCUT2D eigenvalue weighted by molar-refractivity contribution is 0.509. The standard InChI is InChI=1S/C49H33N3S/c1-49-27-15-14-23-39(49)46-43(47-44(49)38-22-10-13-26-42(38)53-47)37-21-9-12-25-41(37)52(46)48-50-40-24-11-8-20-36(40)45(51-48)35-29-33(31-16-4-2-5-17-31)28-34(30-35)32-18-6-3-7-19-32/h2-30,39H,1H3. The molecule has 53 heavy (non-hydrogen) atoms. The lowest BCUT2D eigenvalue weighted by Gasteiger charge is -2.40. The summed E-state index contributed by atoms with van der Waals surface area (Å²) in [6, 6.07) is 54.3. The van der Waals surface area contributed by atoms with Crippen LogP contribution in [0.2, 0.25) is 0 Å². The molecule has 2 aliphatic rings. The second kappa shape index (κ2) is 11.6. The third-order valence-corrected chi connectivity index (χ3v) is 12.5. The van der Waals surface area contributed by atoms with E-state index in [-0.39, 0.29) is 11.3 Å². The predicted molar refractivity (Wildman–Crippen MR) is 222 cm³/mol. The molecule has 0 amide bonds. The molecule has 0 radical (unpaired) electrons. The molecule has 3 nitrogen and oxygen atoms in total. The Bertz CT molecular complexity index is 2910. The van der Waals surface area contributed by atoms with Crippen molar-refractivity contribution in [2.24, 2.45) is 0 Å². The van der Waals surface area contributed by atoms with E-state index in [1.54, 1.807) is 0 Å². The number of allylic oxidation sites excluding steroid dienone is 4. The van der Waals surface area contributed by atoms with Gasteiger partial charge in [-0.3, -0.25) is 4.57 Å². The molecule has 2 atom stereocenters. The molecule has 0 N–H and O–H groups in total. The van der Waals surface area contributed by atoms with Gasteiger partial charge in [-0.2, -0.15) is 0 Å². The first-order valence-corrected chi connectivity index (χ1v) is 19.0. The molecular formula is C49H33N3S. The van der Waals surface area contributed by atoms with Crippen LogP contribution < -0.4 is 0 Å². The van der Waals surface area contributed by atoms with Crippen molar-refractivity contribution in [3.63, 3.8) is 0 Å². The SMILES string of the molecule is CC12C=CC=CC1c1c(c3ccccc3n1-c1nc(-c3cc(-c4ccccc4)cc(-c4ccccc4)c3)c3ccccc3n1)-c1sc3ccccc3c12. The number of thiophene rings is 1. The first-order chi connectivity index (χ1) is 26.2. The van der Waals surface area contributed by atoms with E-state index >= 15 is 0 Å². The fourth-order valence-electron chi connectivity index (χ4n) is 8.86. The topological polar surface area (TPSA) is 30.7 Å². The Kier molecular flexibility index (Phi) is 6.61. The quantitative estimate of drug-likeness (QED) is 0.183. The van der Waals surface area contributed by atoms with Gasteiger partial charge in [0.2, 0.25) is 5.95 Å². The second-order valence-electron chi connectivity index (χ2n) is 14.3. The minimum atomic E-state index is -0.239. The monoisotopic (exact) mass is 695 g/mol. The van der Waals surface area contributed by atoms with Crippen LogP contribution in [0.25, 0.3) is 81.8 Å². The first kappa shape index (κ1) is 30.3. The number of nitrogens with zero attached hydrogens (tertiary/aromatic N) is 3. The van der Waals surface area contributed by atoms with Crippen molar-refractivity contribution in [1.29, 1.82) is 0 Å². The van der Waals surface area contributed by atoms with Crippen LogP contribution in [0.1, 0.15) is 24.1 Å². The zero-order valence-electron chi connectivity index (χ0n) is 29.1. The minimum Gasteiger partial charge on any atom is -0.281 e. The van der Waals surface area contributed by atoms with Crippen molar-refractivity contribution < 1.29 is 0 Å². The van der Waals surface area contributed by atoms with Crippen LogP contribution in [-0.2, 0) is 5.41 Å². The molecule has 2 aliphatic carbocycles. The van der Waals surface area contributed by atoms with Gasteiger partial charge in [0.15, 0.2) is 0 Å². The number of hydrogen-bond donors (Lipinski definition) is 0. The highest BCUT2D eigenvalue weighted by atomic mass is 32.1. The van der Waals surface area contributed by atoms with E-state index in [0.717, 1.165) is 38.8 Å². The third-order valence-electron chi connectivity index (χ3n) is 11.3. The summed E-state index contributed by atoms with van der Waals surface area (Å²) in [6.07, 6.45) is 9.23. The van der Waals surface area contributed by atoms with E-state index in [1.807, 2.05) is 11.3 Å². The van der Waals surface area contributed by atoms with Crippen molar-refractivity contribution in [2.45, 2.75) is 18.3 Å². The Morgan fingerprint density at radius 2 is 1.21 bits per heavy atom. The zero-order chi connectivity index (χ0) is 35.1. The van der Waals surface area contributed by atoms with E-state index in [4.69, 9.17) is 9.97 Å². The first-order valence-electron chi connectivity index (χ1n) is 18.2. The average Bonchev–Trinajstić information content (AvgIpc) is 3.78. The van der Waals surface area contributed by atoms with Gasteiger partial charge in [0.05, 0.1) is 16.7 Å². The molecule has 0 saturated carbocycles. The number of rotatable bonds is 4. The summed E-state index contributed by atoms with van der Waals surface area (Å²) in [4.78, 5) is 12.4. The van der Waals surface area contributed by atoms with Crippen molar-refractivity contribution in [3.05, 3.63) is 187 Å². The molecule has 11 rings (SSSR count). The maximum atomic E-state index is 5.61. The molecule has 0 spiro atoms. The van der Waals surface area contributed by atoms with Crippen LogP contribution >= 0.6 is 11.3 Å². The molecule has 4 heteroatoms. The van der Waals surface area contributed by atoms with Crippen LogP contribution in [0.3, 0.4) is 0 Å². The van der Waals surface area contributed by atoms with Crippen LogP contribution in [0, 0.1) is 0 Å². The summed E-state index contributed by atoms with van der Waals surface area (Å²) in [5, 5.41) is 3.61. The average molecular weight is 696 g/mol. The largest absolute Gasteiger partial charge is 0.281 e. The van der Waals surface area contributed by atoms with Crippen LogP contribution in [-0.4, -0.2) is 14.5 Å². The highest BCUT2D eigenvalue weighted by molar-refractivity contribution is 7.22. The van der Waals surface area contributed by atoms with Crippen molar-refractivity contribution in [2.75, 3.05) is 0 Å². The lowest BCUT2D eigenvalue weighted by atomic mass is 9.63. The summed E-state index contributed by atoms with van der Waals surface area (Å²) in [6.45, 7) is 2.41. The molecule has 3 aromatic heterocycles. The Morgan fingerprint density at radius 3 is 1.96 bits per heavy atom. The summed E-state index contributed by atoms with van der Waals surface area (Å²) < 4.78 is 3.70. The summed E-state index contributed by atoms with van der Waals surface area (Å²) >= 11 is 1.91. The third kappa shape index (κ3) is 4.52. The van der Waals surface area contributed by atoms with Gasteiger partial charge in [-0.15, -0.1) is 11.3 Å². The van der Waals surface area contributed by atoms with E-state index in [1.165, 1.54) is 48.3 Å². The zero-order valence-corrected chi connectivity index (χ0v) is 29.9. The molecule has 9 aromatic rings. The van der Waals surface area contributed by atoms with E-state index in [9.17, 15) is 0 Å². The molecule has 0 aliphatic heterocycles. The highest BCUT2D eigenvalue weighted by Gasteiger charge is 2.46. The molecule has 250 valence electrons. The van der Waals surface area contributed by atoms with Gasteiger partial charge in [-0.05, 0) is 69.6 Å². The molecule has 0 fully saturated rings. The van der Waals surface area contributed by atoms with Gasteiger partial charge in [0, 0.05) is 48.5 Å². The minimum absolute atomic E-state index is 0.0880. The molecule has 6 aromatic carbocycles.